The first-order valence-corrected chi connectivity index (χ1v) is 4.75. The topological polar surface area (TPSA) is 68.3 Å². The molecule has 3 N–H and O–H groups in total. The highest BCUT2D eigenvalue weighted by molar-refractivity contribution is 5.89. The third-order valence-corrected chi connectivity index (χ3v) is 2.56. The van der Waals surface area contributed by atoms with Crippen LogP contribution in [0.5, 0.6) is 0 Å². The number of rotatable bonds is 3. The number of carbonyl (C=O) groups is 1. The van der Waals surface area contributed by atoms with Gasteiger partial charge in [0.25, 0.3) is 0 Å². The summed E-state index contributed by atoms with van der Waals surface area (Å²) in [5.74, 6) is 0.670. The van der Waals surface area contributed by atoms with Crippen LogP contribution in [0.4, 0.5) is 0 Å². The molecule has 1 aromatic heterocycles. The average molecular weight is 194 g/mol. The van der Waals surface area contributed by atoms with Gasteiger partial charge in [0.05, 0.1) is 17.8 Å². The number of nitrogens with one attached hydrogen (secondary N) is 1. The standard InChI is InChI=1S/C10H14N2O2/c1-7(8-3-2-6-14-8)12-9(13)10(11)4-5-10/h2-3,6-7H,4-5,11H2,1H3,(H,12,13)/t7-/m1/s1. The Hall–Kier alpha value is -1.29. The quantitative estimate of drug-likeness (QED) is 0.752. The maximum atomic E-state index is 11.6. The fraction of sp³-hybridized carbons (Fsp3) is 0.500. The van der Waals surface area contributed by atoms with Crippen molar-refractivity contribution < 1.29 is 9.21 Å². The zero-order valence-corrected chi connectivity index (χ0v) is 8.12. The minimum absolute atomic E-state index is 0.0820. The van der Waals surface area contributed by atoms with Crippen molar-refractivity contribution in [3.05, 3.63) is 24.2 Å². The van der Waals surface area contributed by atoms with Crippen molar-refractivity contribution in [1.29, 1.82) is 0 Å². The van der Waals surface area contributed by atoms with Crippen LogP contribution in [0.3, 0.4) is 0 Å². The maximum absolute atomic E-state index is 11.6. The first-order chi connectivity index (χ1) is 6.62. The van der Waals surface area contributed by atoms with Gasteiger partial charge in [0.2, 0.25) is 5.91 Å². The van der Waals surface area contributed by atoms with E-state index in [2.05, 4.69) is 5.32 Å². The van der Waals surface area contributed by atoms with E-state index in [4.69, 9.17) is 10.2 Å². The van der Waals surface area contributed by atoms with Crippen molar-refractivity contribution >= 4 is 5.91 Å². The number of furan rings is 1. The van der Waals surface area contributed by atoms with E-state index in [1.54, 1.807) is 12.3 Å². The molecule has 0 saturated heterocycles. The lowest BCUT2D eigenvalue weighted by Gasteiger charge is -2.14. The van der Waals surface area contributed by atoms with Gasteiger partial charge in [0.15, 0.2) is 0 Å². The molecule has 0 aliphatic heterocycles. The Morgan fingerprint density at radius 3 is 2.93 bits per heavy atom. The minimum Gasteiger partial charge on any atom is -0.467 e. The molecule has 1 atom stereocenters. The zero-order valence-electron chi connectivity index (χ0n) is 8.12. The van der Waals surface area contributed by atoms with Gasteiger partial charge in [-0.25, -0.2) is 0 Å². The minimum atomic E-state index is -0.610. The van der Waals surface area contributed by atoms with Crippen LogP contribution < -0.4 is 11.1 Å². The molecular formula is C10H14N2O2. The van der Waals surface area contributed by atoms with E-state index < -0.39 is 5.54 Å². The van der Waals surface area contributed by atoms with Crippen LogP contribution >= 0.6 is 0 Å². The summed E-state index contributed by atoms with van der Waals surface area (Å²) < 4.78 is 5.17. The highest BCUT2D eigenvalue weighted by Gasteiger charge is 2.46. The van der Waals surface area contributed by atoms with Crippen molar-refractivity contribution in [3.63, 3.8) is 0 Å². The van der Waals surface area contributed by atoms with Crippen LogP contribution in [0.25, 0.3) is 0 Å². The summed E-state index contributed by atoms with van der Waals surface area (Å²) in [6.45, 7) is 1.88. The summed E-state index contributed by atoms with van der Waals surface area (Å²) >= 11 is 0. The molecule has 76 valence electrons. The van der Waals surface area contributed by atoms with E-state index in [0.717, 1.165) is 18.6 Å². The Labute approximate surface area is 82.5 Å². The summed E-state index contributed by atoms with van der Waals surface area (Å²) in [5.41, 5.74) is 5.14. The highest BCUT2D eigenvalue weighted by atomic mass is 16.3. The Kier molecular flexibility index (Phi) is 2.07. The predicted molar refractivity (Wildman–Crippen MR) is 51.4 cm³/mol. The molecule has 0 bridgehead atoms. The van der Waals surface area contributed by atoms with Crippen LogP contribution in [0, 0.1) is 0 Å². The van der Waals surface area contributed by atoms with Crippen LogP contribution in [0.2, 0.25) is 0 Å². The number of carbonyl (C=O) groups excluding carboxylic acids is 1. The monoisotopic (exact) mass is 194 g/mol. The smallest absolute Gasteiger partial charge is 0.240 e. The maximum Gasteiger partial charge on any atom is 0.240 e. The first kappa shape index (κ1) is 9.27. The molecule has 1 heterocycles. The first-order valence-electron chi connectivity index (χ1n) is 4.75. The Bertz CT molecular complexity index is 328. The molecule has 1 aliphatic rings. The number of hydrogen-bond acceptors (Lipinski definition) is 3. The fourth-order valence-electron chi connectivity index (χ4n) is 1.31. The van der Waals surface area contributed by atoms with Crippen molar-refractivity contribution in [2.45, 2.75) is 31.3 Å². The molecule has 0 spiro atoms. The molecule has 0 radical (unpaired) electrons. The molecule has 1 saturated carbocycles. The zero-order chi connectivity index (χ0) is 10.2. The van der Waals surface area contributed by atoms with Crippen molar-refractivity contribution in [3.8, 4) is 0 Å². The van der Waals surface area contributed by atoms with Gasteiger partial charge in [-0.05, 0) is 31.9 Å². The van der Waals surface area contributed by atoms with E-state index in [1.807, 2.05) is 13.0 Å². The Morgan fingerprint density at radius 2 is 2.43 bits per heavy atom. The molecule has 4 heteroatoms. The second kappa shape index (κ2) is 3.13. The fourth-order valence-corrected chi connectivity index (χ4v) is 1.31. The van der Waals surface area contributed by atoms with E-state index >= 15 is 0 Å². The molecule has 0 aromatic carbocycles. The number of nitrogens with two attached hydrogens (primary N) is 1. The average Bonchev–Trinajstić information content (AvgIpc) is 2.71. The van der Waals surface area contributed by atoms with Gasteiger partial charge in [0, 0.05) is 0 Å². The molecule has 4 nitrogen and oxygen atoms in total. The highest BCUT2D eigenvalue weighted by Crippen LogP contribution is 2.32. The third kappa shape index (κ3) is 1.65. The van der Waals surface area contributed by atoms with E-state index in [1.165, 1.54) is 0 Å². The van der Waals surface area contributed by atoms with Gasteiger partial charge in [-0.15, -0.1) is 0 Å². The lowest BCUT2D eigenvalue weighted by Crippen LogP contribution is -2.43. The number of hydrogen-bond donors (Lipinski definition) is 2. The third-order valence-electron chi connectivity index (χ3n) is 2.56. The van der Waals surface area contributed by atoms with E-state index in [0.29, 0.717) is 0 Å². The van der Waals surface area contributed by atoms with Crippen LogP contribution in [-0.2, 0) is 4.79 Å². The normalized spacial score (nSPS) is 20.1. The Balaban J connectivity index is 1.95. The van der Waals surface area contributed by atoms with Gasteiger partial charge in [-0.2, -0.15) is 0 Å². The van der Waals surface area contributed by atoms with Crippen LogP contribution in [0.15, 0.2) is 22.8 Å². The van der Waals surface area contributed by atoms with Crippen molar-refractivity contribution in [2.24, 2.45) is 5.73 Å². The molecule has 1 aromatic rings. The molecule has 1 aliphatic carbocycles. The predicted octanol–water partition coefficient (Wildman–Crippen LogP) is 0.948. The molecule has 2 rings (SSSR count). The summed E-state index contributed by atoms with van der Waals surface area (Å²) in [6, 6.07) is 3.52. The molecule has 14 heavy (non-hydrogen) atoms. The SMILES string of the molecule is C[C@@H](NC(=O)C1(N)CC1)c1ccco1. The second-order valence-corrected chi connectivity index (χ2v) is 3.87. The van der Waals surface area contributed by atoms with Gasteiger partial charge in [-0.3, -0.25) is 4.79 Å². The van der Waals surface area contributed by atoms with Crippen molar-refractivity contribution in [2.75, 3.05) is 0 Å². The molecule has 1 amide bonds. The second-order valence-electron chi connectivity index (χ2n) is 3.87. The molecule has 0 unspecified atom stereocenters. The summed E-state index contributed by atoms with van der Waals surface area (Å²) in [7, 11) is 0. The van der Waals surface area contributed by atoms with Gasteiger partial charge >= 0.3 is 0 Å². The van der Waals surface area contributed by atoms with Crippen molar-refractivity contribution in [1.82, 2.24) is 5.32 Å². The molecule has 1 fully saturated rings. The summed E-state index contributed by atoms with van der Waals surface area (Å²) in [5, 5.41) is 2.83. The largest absolute Gasteiger partial charge is 0.467 e. The summed E-state index contributed by atoms with van der Waals surface area (Å²) in [4.78, 5) is 11.6. The van der Waals surface area contributed by atoms with Gasteiger partial charge < -0.3 is 15.5 Å². The van der Waals surface area contributed by atoms with Gasteiger partial charge in [-0.1, -0.05) is 0 Å². The summed E-state index contributed by atoms with van der Waals surface area (Å²) in [6.07, 6.45) is 3.15. The van der Waals surface area contributed by atoms with Crippen LogP contribution in [-0.4, -0.2) is 11.4 Å². The lowest BCUT2D eigenvalue weighted by atomic mass is 10.2. The Morgan fingerprint density at radius 1 is 1.71 bits per heavy atom. The van der Waals surface area contributed by atoms with E-state index in [9.17, 15) is 4.79 Å². The number of amides is 1. The molecular weight excluding hydrogens is 180 g/mol. The van der Waals surface area contributed by atoms with Crippen LogP contribution in [0.1, 0.15) is 31.6 Å². The lowest BCUT2D eigenvalue weighted by molar-refractivity contribution is -0.124. The van der Waals surface area contributed by atoms with E-state index in [-0.39, 0.29) is 11.9 Å². The van der Waals surface area contributed by atoms with Gasteiger partial charge in [0.1, 0.15) is 5.76 Å².